The summed E-state index contributed by atoms with van der Waals surface area (Å²) in [7, 11) is 0. The highest BCUT2D eigenvalue weighted by atomic mass is 15.2. The summed E-state index contributed by atoms with van der Waals surface area (Å²) in [6.07, 6.45) is 4.54. The van der Waals surface area contributed by atoms with E-state index in [1.165, 1.54) is 0 Å². The first kappa shape index (κ1) is 11.4. The van der Waals surface area contributed by atoms with E-state index in [9.17, 15) is 0 Å². The number of anilines is 2. The predicted molar refractivity (Wildman–Crippen MR) is 68.7 cm³/mol. The normalized spacial score (nSPS) is 10.6. The first-order chi connectivity index (χ1) is 8.26. The maximum Gasteiger partial charge on any atom is 0.224 e. The van der Waals surface area contributed by atoms with E-state index in [1.807, 2.05) is 4.57 Å². The Labute approximate surface area is 99.6 Å². The van der Waals surface area contributed by atoms with Crippen molar-refractivity contribution in [2.75, 3.05) is 17.6 Å². The summed E-state index contributed by atoms with van der Waals surface area (Å²) >= 11 is 0. The molecule has 0 amide bonds. The molecule has 90 valence electrons. The van der Waals surface area contributed by atoms with Gasteiger partial charge in [-0.1, -0.05) is 13.0 Å². The largest absolute Gasteiger partial charge is 0.368 e. The molecule has 17 heavy (non-hydrogen) atoms. The Hall–Kier alpha value is -2.11. The number of hydrogen-bond acceptors (Lipinski definition) is 5. The van der Waals surface area contributed by atoms with Crippen molar-refractivity contribution in [3.05, 3.63) is 19.0 Å². The number of hydrogen-bond donors (Lipinski definition) is 2. The summed E-state index contributed by atoms with van der Waals surface area (Å²) in [5, 5.41) is 3.11. The van der Waals surface area contributed by atoms with Crippen LogP contribution in [0.1, 0.15) is 13.3 Å². The molecule has 0 radical (unpaired) electrons. The van der Waals surface area contributed by atoms with E-state index >= 15 is 0 Å². The number of rotatable bonds is 5. The number of nitrogen functional groups attached to an aromatic ring is 1. The Morgan fingerprint density at radius 2 is 2.35 bits per heavy atom. The van der Waals surface area contributed by atoms with Gasteiger partial charge in [-0.25, -0.2) is 4.98 Å². The molecule has 6 nitrogen and oxygen atoms in total. The second-order valence-corrected chi connectivity index (χ2v) is 3.71. The van der Waals surface area contributed by atoms with Crippen molar-refractivity contribution in [3.63, 3.8) is 0 Å². The lowest BCUT2D eigenvalue weighted by atomic mass is 10.4. The van der Waals surface area contributed by atoms with Crippen LogP contribution in [-0.2, 0) is 6.54 Å². The van der Waals surface area contributed by atoms with Crippen LogP contribution in [0, 0.1) is 0 Å². The fourth-order valence-electron chi connectivity index (χ4n) is 1.66. The van der Waals surface area contributed by atoms with Crippen molar-refractivity contribution in [1.82, 2.24) is 19.5 Å². The molecule has 0 aromatic carbocycles. The smallest absolute Gasteiger partial charge is 0.224 e. The van der Waals surface area contributed by atoms with E-state index in [0.717, 1.165) is 24.1 Å². The molecule has 0 unspecified atom stereocenters. The lowest BCUT2D eigenvalue weighted by Gasteiger charge is -2.05. The summed E-state index contributed by atoms with van der Waals surface area (Å²) in [5.74, 6) is 0.907. The number of imidazole rings is 1. The number of aryl methyl sites for hydroxylation is 1. The van der Waals surface area contributed by atoms with Crippen LogP contribution in [0.15, 0.2) is 19.0 Å². The average Bonchev–Trinajstić information content (AvgIpc) is 2.70. The van der Waals surface area contributed by atoms with Crippen molar-refractivity contribution < 1.29 is 0 Å². The molecule has 0 bridgehead atoms. The second-order valence-electron chi connectivity index (χ2n) is 3.71. The minimum Gasteiger partial charge on any atom is -0.368 e. The van der Waals surface area contributed by atoms with Gasteiger partial charge in [0.25, 0.3) is 0 Å². The molecule has 6 heteroatoms. The standard InChI is InChI=1S/C11H16N6/c1-3-5-13-9-8-10(16-11(12)15-9)17(6-4-2)7-14-8/h3,7H,1,4-6H2,2H3,(H3,12,13,15,16). The summed E-state index contributed by atoms with van der Waals surface area (Å²) in [6.45, 7) is 7.24. The van der Waals surface area contributed by atoms with Crippen LogP contribution in [0.25, 0.3) is 11.2 Å². The maximum atomic E-state index is 5.69. The third-order valence-electron chi connectivity index (χ3n) is 2.36. The highest BCUT2D eigenvalue weighted by Gasteiger charge is 2.10. The molecule has 2 aromatic rings. The van der Waals surface area contributed by atoms with Gasteiger partial charge in [0, 0.05) is 13.1 Å². The minimum atomic E-state index is 0.252. The lowest BCUT2D eigenvalue weighted by Crippen LogP contribution is -2.06. The molecule has 2 rings (SSSR count). The van der Waals surface area contributed by atoms with Gasteiger partial charge < -0.3 is 15.6 Å². The zero-order valence-electron chi connectivity index (χ0n) is 9.85. The molecule has 2 aromatic heterocycles. The number of fused-ring (bicyclic) bond motifs is 1. The average molecular weight is 232 g/mol. The van der Waals surface area contributed by atoms with E-state index in [-0.39, 0.29) is 5.95 Å². The first-order valence-corrected chi connectivity index (χ1v) is 5.59. The molecule has 0 aliphatic carbocycles. The molecular weight excluding hydrogens is 216 g/mol. The van der Waals surface area contributed by atoms with Gasteiger partial charge in [0.05, 0.1) is 6.33 Å². The molecule has 0 aliphatic rings. The number of nitrogens with two attached hydrogens (primary N) is 1. The molecule has 0 aliphatic heterocycles. The first-order valence-electron chi connectivity index (χ1n) is 5.59. The van der Waals surface area contributed by atoms with Crippen LogP contribution < -0.4 is 11.1 Å². The molecule has 0 saturated carbocycles. The predicted octanol–water partition coefficient (Wildman–Crippen LogP) is 1.42. The van der Waals surface area contributed by atoms with Gasteiger partial charge in [-0.3, -0.25) is 0 Å². The highest BCUT2D eigenvalue weighted by Crippen LogP contribution is 2.19. The zero-order valence-corrected chi connectivity index (χ0v) is 9.85. The van der Waals surface area contributed by atoms with E-state index in [0.29, 0.717) is 12.4 Å². The molecule has 0 spiro atoms. The van der Waals surface area contributed by atoms with Crippen LogP contribution in [0.4, 0.5) is 11.8 Å². The van der Waals surface area contributed by atoms with Crippen LogP contribution in [0.5, 0.6) is 0 Å². The van der Waals surface area contributed by atoms with Crippen LogP contribution in [0.3, 0.4) is 0 Å². The Balaban J connectivity index is 2.49. The molecule has 0 saturated heterocycles. The van der Waals surface area contributed by atoms with Crippen molar-refractivity contribution in [3.8, 4) is 0 Å². The van der Waals surface area contributed by atoms with E-state index in [4.69, 9.17) is 5.73 Å². The number of aromatic nitrogens is 4. The third kappa shape index (κ3) is 2.20. The Morgan fingerprint density at radius 3 is 3.06 bits per heavy atom. The van der Waals surface area contributed by atoms with Gasteiger partial charge in [0.15, 0.2) is 17.0 Å². The topological polar surface area (TPSA) is 81.7 Å². The van der Waals surface area contributed by atoms with E-state index < -0.39 is 0 Å². The monoisotopic (exact) mass is 232 g/mol. The van der Waals surface area contributed by atoms with Gasteiger partial charge >= 0.3 is 0 Å². The highest BCUT2D eigenvalue weighted by molar-refractivity contribution is 5.84. The quantitative estimate of drug-likeness (QED) is 0.762. The maximum absolute atomic E-state index is 5.69. The number of nitrogens with one attached hydrogen (secondary N) is 1. The van der Waals surface area contributed by atoms with Gasteiger partial charge in [0.2, 0.25) is 5.95 Å². The van der Waals surface area contributed by atoms with Gasteiger partial charge in [-0.15, -0.1) is 6.58 Å². The molecule has 0 fully saturated rings. The molecule has 0 atom stereocenters. The summed E-state index contributed by atoms with van der Waals surface area (Å²) in [6, 6.07) is 0. The summed E-state index contributed by atoms with van der Waals surface area (Å²) in [4.78, 5) is 12.7. The molecule has 3 N–H and O–H groups in total. The van der Waals surface area contributed by atoms with E-state index in [1.54, 1.807) is 12.4 Å². The second kappa shape index (κ2) is 4.82. The lowest BCUT2D eigenvalue weighted by molar-refractivity contribution is 0.691. The molecule has 2 heterocycles. The Morgan fingerprint density at radius 1 is 1.53 bits per heavy atom. The van der Waals surface area contributed by atoms with Crippen molar-refractivity contribution >= 4 is 22.9 Å². The van der Waals surface area contributed by atoms with Gasteiger partial charge in [0.1, 0.15) is 0 Å². The third-order valence-corrected chi connectivity index (χ3v) is 2.36. The molecular formula is C11H16N6. The number of nitrogens with zero attached hydrogens (tertiary/aromatic N) is 4. The van der Waals surface area contributed by atoms with Crippen molar-refractivity contribution in [1.29, 1.82) is 0 Å². The van der Waals surface area contributed by atoms with Crippen molar-refractivity contribution in [2.45, 2.75) is 19.9 Å². The summed E-state index contributed by atoms with van der Waals surface area (Å²) in [5.41, 5.74) is 7.21. The van der Waals surface area contributed by atoms with Crippen LogP contribution >= 0.6 is 0 Å². The van der Waals surface area contributed by atoms with Crippen molar-refractivity contribution in [2.24, 2.45) is 0 Å². The zero-order chi connectivity index (χ0) is 12.3. The van der Waals surface area contributed by atoms with Gasteiger partial charge in [-0.2, -0.15) is 9.97 Å². The van der Waals surface area contributed by atoms with Crippen LogP contribution in [-0.4, -0.2) is 26.1 Å². The fourth-order valence-corrected chi connectivity index (χ4v) is 1.66. The Bertz CT molecular complexity index is 530. The summed E-state index contributed by atoms with van der Waals surface area (Å²) < 4.78 is 1.98. The van der Waals surface area contributed by atoms with Gasteiger partial charge in [-0.05, 0) is 6.42 Å². The Kier molecular flexibility index (Phi) is 3.22. The fraction of sp³-hybridized carbons (Fsp3) is 0.364. The van der Waals surface area contributed by atoms with Crippen LogP contribution in [0.2, 0.25) is 0 Å². The minimum absolute atomic E-state index is 0.252. The van der Waals surface area contributed by atoms with E-state index in [2.05, 4.69) is 33.8 Å². The SMILES string of the molecule is C=CCNc1nc(N)nc2c1ncn2CCC.